The third-order valence-electron chi connectivity index (χ3n) is 2.35. The lowest BCUT2D eigenvalue weighted by Gasteiger charge is -2.10. The third kappa shape index (κ3) is 3.28. The lowest BCUT2D eigenvalue weighted by Crippen LogP contribution is -2.03. The third-order valence-corrected chi connectivity index (χ3v) is 2.91. The number of benzene rings is 1. The van der Waals surface area contributed by atoms with Crippen molar-refractivity contribution in [2.24, 2.45) is 0 Å². The molecular weight excluding hydrogens is 271 g/mol. The first-order valence-electron chi connectivity index (χ1n) is 5.44. The molecule has 2 N–H and O–H groups in total. The second kappa shape index (κ2) is 5.94. The van der Waals surface area contributed by atoms with Crippen molar-refractivity contribution in [3.63, 3.8) is 0 Å². The summed E-state index contributed by atoms with van der Waals surface area (Å²) in [5, 5.41) is 0.835. The maximum atomic E-state index is 6.01. The van der Waals surface area contributed by atoms with Gasteiger partial charge in [0.15, 0.2) is 5.75 Å². The Morgan fingerprint density at radius 1 is 1.17 bits per heavy atom. The van der Waals surface area contributed by atoms with Gasteiger partial charge in [-0.1, -0.05) is 29.3 Å². The predicted octanol–water partition coefficient (Wildman–Crippen LogP) is 3.59. The Balaban J connectivity index is 1.99. The molecule has 1 aromatic heterocycles. The summed E-state index contributed by atoms with van der Waals surface area (Å²) in [7, 11) is 0. The van der Waals surface area contributed by atoms with Gasteiger partial charge in [0.05, 0.1) is 16.7 Å². The van der Waals surface area contributed by atoms with Crippen LogP contribution in [0.1, 0.15) is 5.69 Å². The zero-order valence-corrected chi connectivity index (χ0v) is 11.1. The number of ether oxygens (including phenoxy) is 1. The number of nitrogens with two attached hydrogens (primary N) is 1. The van der Waals surface area contributed by atoms with Gasteiger partial charge in [0.1, 0.15) is 0 Å². The summed E-state index contributed by atoms with van der Waals surface area (Å²) in [5.74, 6) is 0.462. The number of hydrogen-bond acceptors (Lipinski definition) is 3. The highest BCUT2D eigenvalue weighted by molar-refractivity contribution is 6.37. The average molecular weight is 283 g/mol. The van der Waals surface area contributed by atoms with Crippen LogP contribution in [0.5, 0.6) is 5.75 Å². The Labute approximate surface area is 115 Å². The Hall–Kier alpha value is -1.45. The van der Waals surface area contributed by atoms with Crippen LogP contribution >= 0.6 is 23.2 Å². The molecule has 5 heteroatoms. The van der Waals surface area contributed by atoms with E-state index in [-0.39, 0.29) is 0 Å². The average Bonchev–Trinajstić information content (AvgIpc) is 2.34. The van der Waals surface area contributed by atoms with Gasteiger partial charge < -0.3 is 10.5 Å². The number of nitrogens with zero attached hydrogens (tertiary/aromatic N) is 1. The van der Waals surface area contributed by atoms with Gasteiger partial charge in [-0.2, -0.15) is 0 Å². The number of anilines is 1. The highest BCUT2D eigenvalue weighted by Gasteiger charge is 2.08. The molecule has 2 aromatic rings. The van der Waals surface area contributed by atoms with Crippen molar-refractivity contribution in [1.29, 1.82) is 0 Å². The quantitative estimate of drug-likeness (QED) is 0.872. The van der Waals surface area contributed by atoms with Gasteiger partial charge in [-0.15, -0.1) is 0 Å². The van der Waals surface area contributed by atoms with E-state index in [9.17, 15) is 0 Å². The largest absolute Gasteiger partial charge is 0.490 e. The molecule has 0 bridgehead atoms. The van der Waals surface area contributed by atoms with E-state index >= 15 is 0 Å². The van der Waals surface area contributed by atoms with Crippen LogP contribution in [-0.4, -0.2) is 11.6 Å². The highest BCUT2D eigenvalue weighted by Crippen LogP contribution is 2.35. The standard InChI is InChI=1S/C13H12Cl2N2O/c14-11-7-9(16)8-12(15)13(11)18-6-4-10-3-1-2-5-17-10/h1-3,5,7-8H,4,6,16H2. The molecule has 3 nitrogen and oxygen atoms in total. The number of aromatic nitrogens is 1. The monoisotopic (exact) mass is 282 g/mol. The first-order chi connectivity index (χ1) is 8.66. The molecule has 18 heavy (non-hydrogen) atoms. The molecule has 1 heterocycles. The normalized spacial score (nSPS) is 10.3. The molecule has 2 rings (SSSR count). The van der Waals surface area contributed by atoms with Gasteiger partial charge >= 0.3 is 0 Å². The Kier molecular flexibility index (Phi) is 4.28. The van der Waals surface area contributed by atoms with Crippen LogP contribution in [0.15, 0.2) is 36.5 Å². The van der Waals surface area contributed by atoms with E-state index in [1.54, 1.807) is 18.3 Å². The molecular formula is C13H12Cl2N2O. The molecule has 0 aliphatic heterocycles. The van der Waals surface area contributed by atoms with Gasteiger partial charge in [-0.25, -0.2) is 0 Å². The van der Waals surface area contributed by atoms with Crippen LogP contribution in [0.4, 0.5) is 5.69 Å². The molecule has 0 unspecified atom stereocenters. The van der Waals surface area contributed by atoms with Gasteiger partial charge in [0, 0.05) is 24.0 Å². The molecule has 0 radical (unpaired) electrons. The molecule has 1 aromatic carbocycles. The summed E-state index contributed by atoms with van der Waals surface area (Å²) in [4.78, 5) is 4.20. The number of nitrogen functional groups attached to an aromatic ring is 1. The fourth-order valence-corrected chi connectivity index (χ4v) is 2.13. The van der Waals surface area contributed by atoms with Crippen LogP contribution in [0, 0.1) is 0 Å². The zero-order chi connectivity index (χ0) is 13.0. The maximum absolute atomic E-state index is 6.01. The SMILES string of the molecule is Nc1cc(Cl)c(OCCc2ccccn2)c(Cl)c1. The molecule has 0 saturated heterocycles. The number of pyridine rings is 1. The van der Waals surface area contributed by atoms with E-state index in [0.717, 1.165) is 5.69 Å². The summed E-state index contributed by atoms with van der Waals surface area (Å²) in [6, 6.07) is 8.98. The molecule has 0 aliphatic carbocycles. The molecule has 0 aliphatic rings. The fourth-order valence-electron chi connectivity index (χ4n) is 1.52. The lowest BCUT2D eigenvalue weighted by atomic mass is 10.3. The Morgan fingerprint density at radius 3 is 2.50 bits per heavy atom. The van der Waals surface area contributed by atoms with E-state index in [1.165, 1.54) is 0 Å². The summed E-state index contributed by atoms with van der Waals surface area (Å²) in [5.41, 5.74) is 7.09. The van der Waals surface area contributed by atoms with Crippen LogP contribution in [-0.2, 0) is 6.42 Å². The molecule has 0 spiro atoms. The van der Waals surface area contributed by atoms with Gasteiger partial charge in [0.25, 0.3) is 0 Å². The lowest BCUT2D eigenvalue weighted by molar-refractivity contribution is 0.321. The Bertz CT molecular complexity index is 509. The smallest absolute Gasteiger partial charge is 0.156 e. The van der Waals surface area contributed by atoms with E-state index in [4.69, 9.17) is 33.7 Å². The van der Waals surface area contributed by atoms with Crippen molar-refractivity contribution in [1.82, 2.24) is 4.98 Å². The zero-order valence-electron chi connectivity index (χ0n) is 9.57. The molecule has 0 atom stereocenters. The van der Waals surface area contributed by atoms with Gasteiger partial charge in [-0.05, 0) is 24.3 Å². The van der Waals surface area contributed by atoms with E-state index in [1.807, 2.05) is 18.2 Å². The van der Waals surface area contributed by atoms with Crippen LogP contribution in [0.2, 0.25) is 10.0 Å². The van der Waals surface area contributed by atoms with Crippen molar-refractivity contribution in [2.75, 3.05) is 12.3 Å². The first kappa shape index (κ1) is 13.0. The van der Waals surface area contributed by atoms with E-state index in [2.05, 4.69) is 4.98 Å². The summed E-state index contributed by atoms with van der Waals surface area (Å²) < 4.78 is 5.57. The molecule has 0 fully saturated rings. The summed E-state index contributed by atoms with van der Waals surface area (Å²) in [6.45, 7) is 0.459. The summed E-state index contributed by atoms with van der Waals surface area (Å²) >= 11 is 12.0. The number of hydrogen-bond donors (Lipinski definition) is 1. The van der Waals surface area contributed by atoms with Gasteiger partial charge in [0.2, 0.25) is 0 Å². The fraction of sp³-hybridized carbons (Fsp3) is 0.154. The highest BCUT2D eigenvalue weighted by atomic mass is 35.5. The minimum absolute atomic E-state index is 0.418. The predicted molar refractivity (Wildman–Crippen MR) is 74.3 cm³/mol. The number of rotatable bonds is 4. The van der Waals surface area contributed by atoms with Crippen molar-refractivity contribution < 1.29 is 4.74 Å². The maximum Gasteiger partial charge on any atom is 0.156 e. The number of halogens is 2. The summed E-state index contributed by atoms with van der Waals surface area (Å²) in [6.07, 6.45) is 2.44. The van der Waals surface area contributed by atoms with Crippen molar-refractivity contribution in [3.8, 4) is 5.75 Å². The van der Waals surface area contributed by atoms with Crippen molar-refractivity contribution in [3.05, 3.63) is 52.3 Å². The first-order valence-corrected chi connectivity index (χ1v) is 6.19. The second-order valence-electron chi connectivity index (χ2n) is 3.73. The van der Waals surface area contributed by atoms with Crippen LogP contribution < -0.4 is 10.5 Å². The van der Waals surface area contributed by atoms with Crippen LogP contribution in [0.3, 0.4) is 0 Å². The molecule has 0 amide bonds. The second-order valence-corrected chi connectivity index (χ2v) is 4.55. The van der Waals surface area contributed by atoms with Crippen molar-refractivity contribution in [2.45, 2.75) is 6.42 Å². The molecule has 0 saturated carbocycles. The topological polar surface area (TPSA) is 48.1 Å². The minimum atomic E-state index is 0.418. The van der Waals surface area contributed by atoms with Gasteiger partial charge in [-0.3, -0.25) is 4.98 Å². The minimum Gasteiger partial charge on any atom is -0.490 e. The van der Waals surface area contributed by atoms with E-state index in [0.29, 0.717) is 34.5 Å². The van der Waals surface area contributed by atoms with Crippen LogP contribution in [0.25, 0.3) is 0 Å². The Morgan fingerprint density at radius 2 is 1.89 bits per heavy atom. The van der Waals surface area contributed by atoms with Crippen molar-refractivity contribution >= 4 is 28.9 Å². The molecule has 94 valence electrons. The van der Waals surface area contributed by atoms with E-state index < -0.39 is 0 Å².